The molecule has 3 rings (SSSR count). The Morgan fingerprint density at radius 3 is 2.63 bits per heavy atom. The van der Waals surface area contributed by atoms with E-state index in [9.17, 15) is 4.39 Å². The lowest BCUT2D eigenvalue weighted by atomic mass is 10.1. The van der Waals surface area contributed by atoms with Crippen LogP contribution in [0.25, 0.3) is 0 Å². The average molecular weight is 526 g/mol. The molecule has 1 aliphatic rings. The molecule has 30 heavy (non-hydrogen) atoms. The molecule has 0 aliphatic carbocycles. The molecule has 0 saturated carbocycles. The third-order valence-corrected chi connectivity index (χ3v) is 5.03. The third kappa shape index (κ3) is 8.20. The molecule has 1 saturated heterocycles. The molecule has 0 radical (unpaired) electrons. The van der Waals surface area contributed by atoms with Crippen LogP contribution in [-0.4, -0.2) is 50.3 Å². The molecule has 0 amide bonds. The predicted molar refractivity (Wildman–Crippen MR) is 131 cm³/mol. The number of hydrogen-bond donors (Lipinski definition) is 2. The third-order valence-electron chi connectivity index (χ3n) is 5.03. The largest absolute Gasteiger partial charge is 0.376 e. The molecule has 0 spiro atoms. The number of aliphatic imine (C=N–C) groups is 1. The Labute approximate surface area is 196 Å². The second-order valence-corrected chi connectivity index (χ2v) is 7.47. The van der Waals surface area contributed by atoms with E-state index in [1.54, 1.807) is 7.05 Å². The summed E-state index contributed by atoms with van der Waals surface area (Å²) in [6.45, 7) is 7.30. The lowest BCUT2D eigenvalue weighted by Gasteiger charge is -2.31. The van der Waals surface area contributed by atoms with Gasteiger partial charge in [0.1, 0.15) is 5.82 Å². The maximum absolute atomic E-state index is 13.0. The zero-order chi connectivity index (χ0) is 20.5. The van der Waals surface area contributed by atoms with E-state index in [0.29, 0.717) is 12.6 Å². The van der Waals surface area contributed by atoms with Crippen molar-refractivity contribution in [2.75, 3.05) is 33.3 Å². The van der Waals surface area contributed by atoms with Crippen molar-refractivity contribution >= 4 is 29.9 Å². The van der Waals surface area contributed by atoms with Gasteiger partial charge in [-0.1, -0.05) is 36.4 Å². The predicted octanol–water partition coefficient (Wildman–Crippen LogP) is 3.57. The maximum Gasteiger partial charge on any atom is 0.191 e. The number of benzene rings is 2. The second kappa shape index (κ2) is 12.9. The molecule has 0 bridgehead atoms. The average Bonchev–Trinajstić information content (AvgIpc) is 2.72. The van der Waals surface area contributed by atoms with Gasteiger partial charge in [0.2, 0.25) is 0 Å². The highest BCUT2D eigenvalue weighted by Crippen LogP contribution is 2.12. The minimum Gasteiger partial charge on any atom is -0.376 e. The van der Waals surface area contributed by atoms with Crippen molar-refractivity contribution in [3.05, 3.63) is 71.0 Å². The standard InChI is InChI=1S/C23H31FN4O.HI/c1-18-16-28(12-13-29-18)17-21-5-3-4-20(14-21)15-27-23(25-2)26-11-10-19-6-8-22(24)9-7-19;/h3-9,14,18H,10-13,15-17H2,1-2H3,(H2,25,26,27);1H. The normalized spacial score (nSPS) is 17.3. The van der Waals surface area contributed by atoms with Crippen LogP contribution in [0.3, 0.4) is 0 Å². The summed E-state index contributed by atoms with van der Waals surface area (Å²) in [7, 11) is 1.77. The van der Waals surface area contributed by atoms with Crippen molar-refractivity contribution in [1.29, 1.82) is 0 Å². The van der Waals surface area contributed by atoms with Crippen molar-refractivity contribution in [3.8, 4) is 0 Å². The number of nitrogens with one attached hydrogen (secondary N) is 2. The van der Waals surface area contributed by atoms with Gasteiger partial charge in [-0.25, -0.2) is 4.39 Å². The van der Waals surface area contributed by atoms with E-state index in [1.165, 1.54) is 23.3 Å². The molecule has 2 aromatic rings. The summed E-state index contributed by atoms with van der Waals surface area (Å²) in [6, 6.07) is 15.3. The molecule has 2 aromatic carbocycles. The molecule has 1 fully saturated rings. The quantitative estimate of drug-likeness (QED) is 0.329. The minimum atomic E-state index is -0.204. The fourth-order valence-corrected chi connectivity index (χ4v) is 3.51. The summed E-state index contributed by atoms with van der Waals surface area (Å²) in [4.78, 5) is 6.73. The molecule has 1 aliphatic heterocycles. The zero-order valence-electron chi connectivity index (χ0n) is 17.7. The van der Waals surface area contributed by atoms with Gasteiger partial charge in [0, 0.05) is 39.8 Å². The Kier molecular flexibility index (Phi) is 10.5. The zero-order valence-corrected chi connectivity index (χ0v) is 20.1. The number of hydrogen-bond acceptors (Lipinski definition) is 3. The summed E-state index contributed by atoms with van der Waals surface area (Å²) in [5, 5.41) is 6.68. The highest BCUT2D eigenvalue weighted by molar-refractivity contribution is 14.0. The Balaban J connectivity index is 0.00000320. The summed E-state index contributed by atoms with van der Waals surface area (Å²) < 4.78 is 18.6. The number of ether oxygens (including phenoxy) is 1. The van der Waals surface area contributed by atoms with Crippen LogP contribution in [0.2, 0.25) is 0 Å². The van der Waals surface area contributed by atoms with Crippen molar-refractivity contribution in [1.82, 2.24) is 15.5 Å². The molecule has 1 unspecified atom stereocenters. The number of nitrogens with zero attached hydrogens (tertiary/aromatic N) is 2. The Morgan fingerprint density at radius 2 is 1.90 bits per heavy atom. The highest BCUT2D eigenvalue weighted by atomic mass is 127. The first-order chi connectivity index (χ1) is 14.1. The fraction of sp³-hybridized carbons (Fsp3) is 0.435. The van der Waals surface area contributed by atoms with Gasteiger partial charge in [0.15, 0.2) is 5.96 Å². The molecule has 1 atom stereocenters. The van der Waals surface area contributed by atoms with Crippen molar-refractivity contribution < 1.29 is 9.13 Å². The van der Waals surface area contributed by atoms with Gasteiger partial charge in [-0.2, -0.15) is 0 Å². The van der Waals surface area contributed by atoms with Gasteiger partial charge in [-0.3, -0.25) is 9.89 Å². The first-order valence-electron chi connectivity index (χ1n) is 10.2. The van der Waals surface area contributed by atoms with E-state index < -0.39 is 0 Å². The van der Waals surface area contributed by atoms with Crippen LogP contribution in [0.4, 0.5) is 4.39 Å². The van der Waals surface area contributed by atoms with E-state index in [4.69, 9.17) is 4.74 Å². The first kappa shape index (κ1) is 24.6. The van der Waals surface area contributed by atoms with Crippen LogP contribution in [-0.2, 0) is 24.2 Å². The summed E-state index contributed by atoms with van der Waals surface area (Å²) in [5.74, 6) is 0.559. The van der Waals surface area contributed by atoms with Crippen LogP contribution in [0.5, 0.6) is 0 Å². The minimum absolute atomic E-state index is 0. The van der Waals surface area contributed by atoms with Crippen molar-refractivity contribution in [3.63, 3.8) is 0 Å². The van der Waals surface area contributed by atoms with E-state index in [-0.39, 0.29) is 29.8 Å². The van der Waals surface area contributed by atoms with Gasteiger partial charge in [0.05, 0.1) is 12.7 Å². The first-order valence-corrected chi connectivity index (χ1v) is 10.2. The smallest absolute Gasteiger partial charge is 0.191 e. The molecule has 7 heteroatoms. The Bertz CT molecular complexity index is 800. The SMILES string of the molecule is CN=C(NCCc1ccc(F)cc1)NCc1cccc(CN2CCOC(C)C2)c1.I. The monoisotopic (exact) mass is 526 g/mol. The van der Waals surface area contributed by atoms with Gasteiger partial charge >= 0.3 is 0 Å². The summed E-state index contributed by atoms with van der Waals surface area (Å²) >= 11 is 0. The maximum atomic E-state index is 13.0. The summed E-state index contributed by atoms with van der Waals surface area (Å²) in [6.07, 6.45) is 1.12. The van der Waals surface area contributed by atoms with Crippen LogP contribution >= 0.6 is 24.0 Å². The number of guanidine groups is 1. The molecule has 2 N–H and O–H groups in total. The van der Waals surface area contributed by atoms with Gasteiger partial charge in [-0.15, -0.1) is 24.0 Å². The highest BCUT2D eigenvalue weighted by Gasteiger charge is 2.16. The number of rotatable bonds is 7. The van der Waals surface area contributed by atoms with E-state index >= 15 is 0 Å². The molecule has 1 heterocycles. The summed E-state index contributed by atoms with van der Waals surface area (Å²) in [5.41, 5.74) is 3.64. The van der Waals surface area contributed by atoms with Crippen LogP contribution in [0, 0.1) is 5.82 Å². The van der Waals surface area contributed by atoms with Crippen molar-refractivity contribution in [2.24, 2.45) is 4.99 Å². The lowest BCUT2D eigenvalue weighted by molar-refractivity contribution is -0.0212. The molecular formula is C23H32FIN4O. The Morgan fingerprint density at radius 1 is 1.13 bits per heavy atom. The lowest BCUT2D eigenvalue weighted by Crippen LogP contribution is -2.40. The van der Waals surface area contributed by atoms with Gasteiger partial charge < -0.3 is 15.4 Å². The topological polar surface area (TPSA) is 48.9 Å². The van der Waals surface area contributed by atoms with Crippen molar-refractivity contribution in [2.45, 2.75) is 32.5 Å². The molecule has 164 valence electrons. The molecular weight excluding hydrogens is 494 g/mol. The number of morpholine rings is 1. The number of halogens is 2. The molecule has 5 nitrogen and oxygen atoms in total. The van der Waals surface area contributed by atoms with Crippen LogP contribution < -0.4 is 10.6 Å². The van der Waals surface area contributed by atoms with E-state index in [2.05, 4.69) is 51.7 Å². The van der Waals surface area contributed by atoms with Gasteiger partial charge in [0.25, 0.3) is 0 Å². The van der Waals surface area contributed by atoms with Gasteiger partial charge in [-0.05, 0) is 42.2 Å². The second-order valence-electron chi connectivity index (χ2n) is 7.47. The molecule has 0 aromatic heterocycles. The van der Waals surface area contributed by atoms with Crippen LogP contribution in [0.15, 0.2) is 53.5 Å². The Hall–Kier alpha value is -1.71. The van der Waals surface area contributed by atoms with E-state index in [1.807, 2.05) is 12.1 Å². The fourth-order valence-electron chi connectivity index (χ4n) is 3.51. The van der Waals surface area contributed by atoms with E-state index in [0.717, 1.165) is 50.7 Å². The van der Waals surface area contributed by atoms with Crippen LogP contribution in [0.1, 0.15) is 23.6 Å².